The van der Waals surface area contributed by atoms with Crippen LogP contribution in [0.2, 0.25) is 0 Å². The Morgan fingerprint density at radius 1 is 0.971 bits per heavy atom. The quantitative estimate of drug-likeness (QED) is 0.332. The Labute approximate surface area is 204 Å². The van der Waals surface area contributed by atoms with E-state index < -0.39 is 28.0 Å². The van der Waals surface area contributed by atoms with Crippen molar-refractivity contribution in [2.24, 2.45) is 0 Å². The molecule has 0 aromatic heterocycles. The molecule has 9 heteroatoms. The average molecular weight is 493 g/mol. The van der Waals surface area contributed by atoms with E-state index in [0.717, 1.165) is 5.56 Å². The predicted octanol–water partition coefficient (Wildman–Crippen LogP) is 3.36. The van der Waals surface area contributed by atoms with Crippen molar-refractivity contribution in [2.75, 3.05) is 11.9 Å². The molecule has 0 heterocycles. The largest absolute Gasteiger partial charge is 0.489 e. The number of amides is 1. The van der Waals surface area contributed by atoms with E-state index in [4.69, 9.17) is 15.9 Å². The molecule has 2 N–H and O–H groups in total. The van der Waals surface area contributed by atoms with E-state index in [0.29, 0.717) is 18.0 Å². The minimum Gasteiger partial charge on any atom is -0.489 e. The highest BCUT2D eigenvalue weighted by molar-refractivity contribution is 7.89. The lowest BCUT2D eigenvalue weighted by Gasteiger charge is -2.14. The van der Waals surface area contributed by atoms with E-state index in [1.165, 1.54) is 31.2 Å². The topological polar surface area (TPSA) is 111 Å². The van der Waals surface area contributed by atoms with Gasteiger partial charge in [0, 0.05) is 5.69 Å². The van der Waals surface area contributed by atoms with Crippen LogP contribution in [0.25, 0.3) is 0 Å². The minimum absolute atomic E-state index is 0.0497. The number of anilines is 1. The van der Waals surface area contributed by atoms with Crippen molar-refractivity contribution in [1.29, 1.82) is 0 Å². The van der Waals surface area contributed by atoms with Crippen molar-refractivity contribution in [3.63, 3.8) is 0 Å². The Kier molecular flexibility index (Phi) is 8.62. The van der Waals surface area contributed by atoms with Gasteiger partial charge < -0.3 is 14.8 Å². The molecule has 0 aliphatic carbocycles. The minimum atomic E-state index is -3.77. The number of ether oxygens (including phenoxy) is 2. The zero-order valence-corrected chi connectivity index (χ0v) is 19.7. The lowest BCUT2D eigenvalue weighted by molar-refractivity contribution is -0.123. The summed E-state index contributed by atoms with van der Waals surface area (Å²) in [6, 6.07) is 21.6. The molecule has 35 heavy (non-hydrogen) atoms. The summed E-state index contributed by atoms with van der Waals surface area (Å²) in [5.41, 5.74) is 1.65. The smallest absolute Gasteiger partial charge is 0.338 e. The van der Waals surface area contributed by atoms with Crippen molar-refractivity contribution >= 4 is 27.6 Å². The highest BCUT2D eigenvalue weighted by Gasteiger charge is 2.20. The highest BCUT2D eigenvalue weighted by Crippen LogP contribution is 2.18. The first-order valence-electron chi connectivity index (χ1n) is 10.6. The van der Waals surface area contributed by atoms with E-state index in [-0.39, 0.29) is 17.0 Å². The predicted molar refractivity (Wildman–Crippen MR) is 131 cm³/mol. The molecule has 3 aromatic carbocycles. The lowest BCUT2D eigenvalue weighted by Crippen LogP contribution is -2.30. The molecule has 0 radical (unpaired) electrons. The Morgan fingerprint density at radius 2 is 1.63 bits per heavy atom. The van der Waals surface area contributed by atoms with Crippen LogP contribution in [0.15, 0.2) is 83.8 Å². The van der Waals surface area contributed by atoms with Crippen LogP contribution < -0.4 is 14.8 Å². The fourth-order valence-electron chi connectivity index (χ4n) is 2.89. The van der Waals surface area contributed by atoms with Crippen molar-refractivity contribution in [3.05, 3.63) is 90.0 Å². The molecule has 1 unspecified atom stereocenters. The average Bonchev–Trinajstić information content (AvgIpc) is 2.87. The first-order valence-corrected chi connectivity index (χ1v) is 12.1. The van der Waals surface area contributed by atoms with Gasteiger partial charge in [-0.3, -0.25) is 4.79 Å². The number of carbonyl (C=O) groups excluding carboxylic acids is 2. The molecule has 0 spiro atoms. The van der Waals surface area contributed by atoms with E-state index in [1.54, 1.807) is 24.3 Å². The molecule has 0 saturated carbocycles. The number of nitrogens with one attached hydrogen (secondary N) is 2. The van der Waals surface area contributed by atoms with Crippen LogP contribution in [-0.2, 0) is 26.2 Å². The Balaban J connectivity index is 1.51. The second-order valence-corrected chi connectivity index (χ2v) is 9.16. The Bertz CT molecular complexity index is 1300. The monoisotopic (exact) mass is 492 g/mol. The number of hydrogen-bond donors (Lipinski definition) is 2. The normalized spacial score (nSPS) is 11.7. The molecule has 0 bridgehead atoms. The van der Waals surface area contributed by atoms with Gasteiger partial charge in [0.05, 0.1) is 17.0 Å². The Hall–Kier alpha value is -4.13. The molecule has 180 valence electrons. The van der Waals surface area contributed by atoms with Crippen molar-refractivity contribution < 1.29 is 27.5 Å². The number of rotatable bonds is 10. The number of esters is 1. The number of carbonyl (C=O) groups is 2. The molecule has 3 aromatic rings. The maximum Gasteiger partial charge on any atom is 0.338 e. The van der Waals surface area contributed by atoms with Crippen LogP contribution in [0.5, 0.6) is 5.75 Å². The van der Waals surface area contributed by atoms with Crippen LogP contribution in [0, 0.1) is 12.3 Å². The molecule has 0 aliphatic rings. The molecule has 0 saturated heterocycles. The van der Waals surface area contributed by atoms with Crippen molar-refractivity contribution in [3.8, 4) is 18.1 Å². The molecule has 3 rings (SSSR count). The number of terminal acetylenes is 1. The highest BCUT2D eigenvalue weighted by atomic mass is 32.2. The summed E-state index contributed by atoms with van der Waals surface area (Å²) in [5, 5.41) is 2.67. The third-order valence-electron chi connectivity index (χ3n) is 4.79. The Morgan fingerprint density at radius 3 is 2.26 bits per heavy atom. The van der Waals surface area contributed by atoms with Gasteiger partial charge in [-0.1, -0.05) is 36.3 Å². The summed E-state index contributed by atoms with van der Waals surface area (Å²) < 4.78 is 37.2. The zero-order chi connectivity index (χ0) is 25.3. The van der Waals surface area contributed by atoms with E-state index in [1.807, 2.05) is 30.3 Å². The number of hydrogen-bond acceptors (Lipinski definition) is 6. The first-order chi connectivity index (χ1) is 16.8. The summed E-state index contributed by atoms with van der Waals surface area (Å²) >= 11 is 0. The molecule has 1 amide bonds. The van der Waals surface area contributed by atoms with Crippen LogP contribution in [-0.4, -0.2) is 32.9 Å². The van der Waals surface area contributed by atoms with Gasteiger partial charge in [-0.05, 0) is 61.0 Å². The maximum atomic E-state index is 12.4. The summed E-state index contributed by atoms with van der Waals surface area (Å²) in [6.07, 6.45) is 3.97. The van der Waals surface area contributed by atoms with Crippen LogP contribution >= 0.6 is 0 Å². The SMILES string of the molecule is C#CCNS(=O)(=O)c1ccc(C(=O)OC(C)C(=O)Nc2ccc(OCc3ccccc3)cc2)cc1. The maximum absolute atomic E-state index is 12.4. The zero-order valence-electron chi connectivity index (χ0n) is 18.9. The molecule has 8 nitrogen and oxygen atoms in total. The van der Waals surface area contributed by atoms with Gasteiger partial charge in [0.1, 0.15) is 12.4 Å². The van der Waals surface area contributed by atoms with Crippen molar-refractivity contribution in [1.82, 2.24) is 4.72 Å². The van der Waals surface area contributed by atoms with E-state index in [9.17, 15) is 18.0 Å². The van der Waals surface area contributed by atoms with Crippen LogP contribution in [0.4, 0.5) is 5.69 Å². The summed E-state index contributed by atoms with van der Waals surface area (Å²) in [5.74, 6) is 1.54. The van der Waals surface area contributed by atoms with Crippen LogP contribution in [0.3, 0.4) is 0 Å². The van der Waals surface area contributed by atoms with Gasteiger partial charge in [-0.25, -0.2) is 13.2 Å². The second-order valence-electron chi connectivity index (χ2n) is 7.39. The van der Waals surface area contributed by atoms with Crippen molar-refractivity contribution in [2.45, 2.75) is 24.5 Å². The molecule has 0 fully saturated rings. The van der Waals surface area contributed by atoms with Gasteiger partial charge in [0.15, 0.2) is 6.10 Å². The molecule has 0 aliphatic heterocycles. The lowest BCUT2D eigenvalue weighted by atomic mass is 10.2. The number of sulfonamides is 1. The summed E-state index contributed by atoms with van der Waals surface area (Å²) in [6.45, 7) is 1.71. The second kappa shape index (κ2) is 11.8. The van der Waals surface area contributed by atoms with Gasteiger partial charge in [0.2, 0.25) is 10.0 Å². The standard InChI is InChI=1S/C26H24N2O6S/c1-3-17-27-35(31,32)24-15-9-21(10-16-24)26(30)34-19(2)25(29)28-22-11-13-23(14-12-22)33-18-20-7-5-4-6-8-20/h1,4-16,19,27H,17-18H2,2H3,(H,28,29). The fraction of sp³-hybridized carbons (Fsp3) is 0.154. The molecular weight excluding hydrogens is 468 g/mol. The van der Waals surface area contributed by atoms with Gasteiger partial charge in [-0.2, -0.15) is 4.72 Å². The molecular formula is C26H24N2O6S. The van der Waals surface area contributed by atoms with Gasteiger partial charge >= 0.3 is 5.97 Å². The fourth-order valence-corrected chi connectivity index (χ4v) is 3.83. The van der Waals surface area contributed by atoms with Crippen LogP contribution in [0.1, 0.15) is 22.8 Å². The molecule has 1 atom stereocenters. The number of benzene rings is 3. The third-order valence-corrected chi connectivity index (χ3v) is 6.20. The van der Waals surface area contributed by atoms with Gasteiger partial charge in [0.25, 0.3) is 5.91 Å². The van der Waals surface area contributed by atoms with E-state index >= 15 is 0 Å². The summed E-state index contributed by atoms with van der Waals surface area (Å²) in [4.78, 5) is 24.8. The van der Waals surface area contributed by atoms with Gasteiger partial charge in [-0.15, -0.1) is 6.42 Å². The third kappa shape index (κ3) is 7.43. The summed E-state index contributed by atoms with van der Waals surface area (Å²) in [7, 11) is -3.77. The first kappa shape index (κ1) is 25.5. The van der Waals surface area contributed by atoms with E-state index in [2.05, 4.69) is 16.0 Å².